The highest BCUT2D eigenvalue weighted by Crippen LogP contribution is 2.25. The van der Waals surface area contributed by atoms with Crippen LogP contribution in [0.1, 0.15) is 17.3 Å². The van der Waals surface area contributed by atoms with E-state index in [2.05, 4.69) is 4.98 Å². The number of nitrogen functional groups attached to an aromatic ring is 1. The fraction of sp³-hybridized carbons (Fsp3) is 0.500. The normalized spacial score (nSPS) is 16.4. The van der Waals surface area contributed by atoms with Crippen molar-refractivity contribution in [3.63, 3.8) is 0 Å². The first-order valence-corrected chi connectivity index (χ1v) is 7.63. The molecule has 0 radical (unpaired) electrons. The predicted octanol–water partition coefficient (Wildman–Crippen LogP) is 0.409. The first kappa shape index (κ1) is 13.8. The first-order valence-electron chi connectivity index (χ1n) is 6.15. The molecular formula is C12H17N3O3S. The Labute approximate surface area is 114 Å². The smallest absolute Gasteiger partial charge is 0.340 e. The molecule has 19 heavy (non-hydrogen) atoms. The van der Waals surface area contributed by atoms with Gasteiger partial charge in [0.2, 0.25) is 0 Å². The van der Waals surface area contributed by atoms with Crippen LogP contribution in [-0.2, 0) is 15.5 Å². The van der Waals surface area contributed by atoms with Crippen molar-refractivity contribution in [1.82, 2.24) is 4.98 Å². The zero-order chi connectivity index (χ0) is 13.8. The van der Waals surface area contributed by atoms with Crippen molar-refractivity contribution in [3.05, 3.63) is 17.8 Å². The number of carbonyl (C=O) groups is 1. The largest absolute Gasteiger partial charge is 0.462 e. The zero-order valence-electron chi connectivity index (χ0n) is 10.8. The average Bonchev–Trinajstić information content (AvgIpc) is 2.40. The van der Waals surface area contributed by atoms with Gasteiger partial charge >= 0.3 is 5.97 Å². The van der Waals surface area contributed by atoms with Crippen LogP contribution >= 0.6 is 0 Å². The van der Waals surface area contributed by atoms with E-state index < -0.39 is 16.8 Å². The lowest BCUT2D eigenvalue weighted by Gasteiger charge is -2.28. The number of nitrogens with zero attached hydrogens (tertiary/aromatic N) is 2. The van der Waals surface area contributed by atoms with Crippen molar-refractivity contribution in [2.45, 2.75) is 6.92 Å². The highest BCUT2D eigenvalue weighted by atomic mass is 32.2. The minimum absolute atomic E-state index is 0.304. The van der Waals surface area contributed by atoms with E-state index in [0.29, 0.717) is 48.3 Å². The standard InChI is InChI=1S/C12H17N3O3S/c1-2-18-12(16)9-3-4-14-11(10(9)13)15-5-7-19(17)8-6-15/h3-4H,2,5-8,13H2,1H3. The monoisotopic (exact) mass is 283 g/mol. The molecule has 104 valence electrons. The molecule has 1 aliphatic rings. The molecule has 2 N–H and O–H groups in total. The predicted molar refractivity (Wildman–Crippen MR) is 74.7 cm³/mol. The summed E-state index contributed by atoms with van der Waals surface area (Å²) in [5, 5.41) is 0. The lowest BCUT2D eigenvalue weighted by atomic mass is 10.2. The lowest BCUT2D eigenvalue weighted by Crippen LogP contribution is -2.38. The summed E-state index contributed by atoms with van der Waals surface area (Å²) in [5.41, 5.74) is 6.66. The van der Waals surface area contributed by atoms with Gasteiger partial charge in [0.1, 0.15) is 0 Å². The van der Waals surface area contributed by atoms with Crippen LogP contribution < -0.4 is 10.6 Å². The van der Waals surface area contributed by atoms with Crippen molar-refractivity contribution in [2.75, 3.05) is 41.8 Å². The number of aromatic nitrogens is 1. The molecule has 0 aromatic carbocycles. The molecule has 0 spiro atoms. The Balaban J connectivity index is 2.24. The minimum Gasteiger partial charge on any atom is -0.462 e. The van der Waals surface area contributed by atoms with Gasteiger partial charge in [-0.1, -0.05) is 0 Å². The third-order valence-electron chi connectivity index (χ3n) is 2.94. The number of pyridine rings is 1. The van der Waals surface area contributed by atoms with E-state index in [9.17, 15) is 9.00 Å². The Hall–Kier alpha value is -1.63. The summed E-state index contributed by atoms with van der Waals surface area (Å²) in [5.74, 6) is 1.33. The molecule has 1 fully saturated rings. The third-order valence-corrected chi connectivity index (χ3v) is 4.22. The minimum atomic E-state index is -0.760. The number of carbonyl (C=O) groups excluding carboxylic acids is 1. The second-order valence-electron chi connectivity index (χ2n) is 4.15. The zero-order valence-corrected chi connectivity index (χ0v) is 11.6. The van der Waals surface area contributed by atoms with E-state index in [4.69, 9.17) is 10.5 Å². The van der Waals surface area contributed by atoms with Crippen molar-refractivity contribution in [2.24, 2.45) is 0 Å². The van der Waals surface area contributed by atoms with Gasteiger partial charge in [0, 0.05) is 41.6 Å². The van der Waals surface area contributed by atoms with Crippen LogP contribution in [0, 0.1) is 0 Å². The van der Waals surface area contributed by atoms with E-state index in [1.807, 2.05) is 4.90 Å². The van der Waals surface area contributed by atoms with Crippen molar-refractivity contribution < 1.29 is 13.7 Å². The summed E-state index contributed by atoms with van der Waals surface area (Å²) in [6, 6.07) is 1.55. The summed E-state index contributed by atoms with van der Waals surface area (Å²) >= 11 is 0. The number of anilines is 2. The third kappa shape index (κ3) is 3.04. The fourth-order valence-corrected chi connectivity index (χ4v) is 3.00. The molecule has 0 amide bonds. The van der Waals surface area contributed by atoms with Crippen LogP contribution in [0.4, 0.5) is 11.5 Å². The summed E-state index contributed by atoms with van der Waals surface area (Å²) < 4.78 is 16.3. The molecule has 6 nitrogen and oxygen atoms in total. The Morgan fingerprint density at radius 1 is 1.53 bits per heavy atom. The van der Waals surface area contributed by atoms with Gasteiger partial charge in [-0.15, -0.1) is 0 Å². The maximum absolute atomic E-state index is 11.8. The van der Waals surface area contributed by atoms with Crippen molar-refractivity contribution in [3.8, 4) is 0 Å². The van der Waals surface area contributed by atoms with E-state index in [0.717, 1.165) is 0 Å². The lowest BCUT2D eigenvalue weighted by molar-refractivity contribution is 0.0527. The van der Waals surface area contributed by atoms with Gasteiger partial charge in [0.15, 0.2) is 5.82 Å². The SMILES string of the molecule is CCOC(=O)c1ccnc(N2CCS(=O)CC2)c1N. The van der Waals surface area contributed by atoms with E-state index >= 15 is 0 Å². The Morgan fingerprint density at radius 2 is 2.21 bits per heavy atom. The van der Waals surface area contributed by atoms with Gasteiger partial charge in [0.25, 0.3) is 0 Å². The number of hydrogen-bond donors (Lipinski definition) is 1. The van der Waals surface area contributed by atoms with Crippen LogP contribution in [0.25, 0.3) is 0 Å². The number of hydrogen-bond acceptors (Lipinski definition) is 6. The molecule has 0 aliphatic carbocycles. The number of esters is 1. The summed E-state index contributed by atoms with van der Waals surface area (Å²) in [7, 11) is -0.760. The molecule has 1 saturated heterocycles. The highest BCUT2D eigenvalue weighted by Gasteiger charge is 2.21. The van der Waals surface area contributed by atoms with E-state index in [-0.39, 0.29) is 0 Å². The Morgan fingerprint density at radius 3 is 2.84 bits per heavy atom. The number of nitrogens with two attached hydrogens (primary N) is 1. The molecule has 1 aromatic heterocycles. The number of ether oxygens (including phenoxy) is 1. The second-order valence-corrected chi connectivity index (χ2v) is 5.85. The molecule has 2 rings (SSSR count). The van der Waals surface area contributed by atoms with E-state index in [1.54, 1.807) is 19.2 Å². The summed E-state index contributed by atoms with van der Waals surface area (Å²) in [4.78, 5) is 17.9. The van der Waals surface area contributed by atoms with Crippen molar-refractivity contribution in [1.29, 1.82) is 0 Å². The van der Waals surface area contributed by atoms with Crippen LogP contribution in [0.15, 0.2) is 12.3 Å². The molecule has 7 heteroatoms. The van der Waals surface area contributed by atoms with Crippen LogP contribution in [-0.4, -0.2) is 46.4 Å². The molecule has 0 saturated carbocycles. The van der Waals surface area contributed by atoms with Crippen LogP contribution in [0.5, 0.6) is 0 Å². The maximum Gasteiger partial charge on any atom is 0.340 e. The topological polar surface area (TPSA) is 85.5 Å². The molecule has 1 aromatic rings. The Kier molecular flexibility index (Phi) is 4.36. The van der Waals surface area contributed by atoms with Gasteiger partial charge < -0.3 is 15.4 Å². The van der Waals surface area contributed by atoms with Gasteiger partial charge in [-0.3, -0.25) is 4.21 Å². The van der Waals surface area contributed by atoms with Gasteiger partial charge in [-0.05, 0) is 13.0 Å². The highest BCUT2D eigenvalue weighted by molar-refractivity contribution is 7.85. The van der Waals surface area contributed by atoms with Crippen LogP contribution in [0.3, 0.4) is 0 Å². The van der Waals surface area contributed by atoms with Crippen molar-refractivity contribution >= 4 is 28.3 Å². The number of rotatable bonds is 3. The van der Waals surface area contributed by atoms with Gasteiger partial charge in [0.05, 0.1) is 17.9 Å². The molecule has 0 atom stereocenters. The summed E-state index contributed by atoms with van der Waals surface area (Å²) in [6.07, 6.45) is 1.55. The maximum atomic E-state index is 11.8. The molecule has 2 heterocycles. The second kappa shape index (κ2) is 6.01. The molecule has 1 aliphatic heterocycles. The van der Waals surface area contributed by atoms with Crippen LogP contribution in [0.2, 0.25) is 0 Å². The average molecular weight is 283 g/mol. The molecule has 0 unspecified atom stereocenters. The van der Waals surface area contributed by atoms with Gasteiger partial charge in [-0.2, -0.15) is 0 Å². The first-order chi connectivity index (χ1) is 9.13. The molecule has 0 bridgehead atoms. The Bertz CT molecular complexity index is 497. The van der Waals surface area contributed by atoms with E-state index in [1.165, 1.54) is 0 Å². The van der Waals surface area contributed by atoms with Gasteiger partial charge in [-0.25, -0.2) is 9.78 Å². The molecular weight excluding hydrogens is 266 g/mol. The summed E-state index contributed by atoms with van der Waals surface area (Å²) in [6.45, 7) is 3.32. The fourth-order valence-electron chi connectivity index (χ4n) is 1.95. The quantitative estimate of drug-likeness (QED) is 0.809.